The molecule has 32 heavy (non-hydrogen) atoms. The molecule has 1 aliphatic rings. The molecule has 2 aromatic carbocycles. The maximum Gasteiger partial charge on any atom is 0.259 e. The van der Waals surface area contributed by atoms with Crippen LogP contribution in [0.3, 0.4) is 0 Å². The average Bonchev–Trinajstić information content (AvgIpc) is 3.14. The zero-order chi connectivity index (χ0) is 22.3. The first-order chi connectivity index (χ1) is 15.7. The molecule has 1 aromatic heterocycles. The number of hydrogen-bond donors (Lipinski definition) is 1. The third-order valence-corrected chi connectivity index (χ3v) is 6.87. The maximum absolute atomic E-state index is 13.4. The lowest BCUT2D eigenvalue weighted by atomic mass is 9.96. The van der Waals surface area contributed by atoms with E-state index in [-0.39, 0.29) is 5.91 Å². The van der Waals surface area contributed by atoms with Crippen molar-refractivity contribution in [1.82, 2.24) is 0 Å². The molecule has 5 nitrogen and oxygen atoms in total. The molecule has 0 radical (unpaired) electrons. The zero-order valence-electron chi connectivity index (χ0n) is 18.5. The summed E-state index contributed by atoms with van der Waals surface area (Å²) in [6, 6.07) is 15.2. The highest BCUT2D eigenvalue weighted by Crippen LogP contribution is 2.39. The number of methoxy groups -OCH3 is 2. The Kier molecular flexibility index (Phi) is 7.22. The van der Waals surface area contributed by atoms with Crippen LogP contribution >= 0.6 is 11.3 Å². The molecule has 0 saturated heterocycles. The van der Waals surface area contributed by atoms with E-state index in [0.717, 1.165) is 53.2 Å². The molecule has 3 aromatic rings. The van der Waals surface area contributed by atoms with Crippen LogP contribution in [0.1, 0.15) is 52.0 Å². The Hall–Kier alpha value is -3.12. The number of benzene rings is 2. The van der Waals surface area contributed by atoms with Gasteiger partial charge in [-0.1, -0.05) is 31.0 Å². The molecule has 1 amide bonds. The van der Waals surface area contributed by atoms with Gasteiger partial charge in [0.2, 0.25) is 0 Å². The quantitative estimate of drug-likeness (QED) is 0.442. The first kappa shape index (κ1) is 22.1. The van der Waals surface area contributed by atoms with Gasteiger partial charge in [0.1, 0.15) is 16.5 Å². The standard InChI is InChI=1S/C26H28N2O3S/c1-30-20-15-14-18(22(16-20)31-2)17-27-26-24(25(29)28-19-10-6-5-7-11-19)21-12-8-3-4-9-13-23(21)32-26/h5-7,10-11,14-17H,3-4,8-9,12-13H2,1-2H3,(H,28,29). The molecule has 1 N–H and O–H groups in total. The number of nitrogens with one attached hydrogen (secondary N) is 1. The van der Waals surface area contributed by atoms with Crippen LogP contribution in [0.25, 0.3) is 0 Å². The van der Waals surface area contributed by atoms with E-state index >= 15 is 0 Å². The van der Waals surface area contributed by atoms with Crippen molar-refractivity contribution in [3.8, 4) is 11.5 Å². The molecule has 1 heterocycles. The van der Waals surface area contributed by atoms with Gasteiger partial charge in [-0.25, -0.2) is 4.99 Å². The van der Waals surface area contributed by atoms with Crippen molar-refractivity contribution < 1.29 is 14.3 Å². The van der Waals surface area contributed by atoms with Crippen molar-refractivity contribution in [1.29, 1.82) is 0 Å². The minimum atomic E-state index is -0.0943. The summed E-state index contributed by atoms with van der Waals surface area (Å²) in [5, 5.41) is 3.81. The Bertz CT molecular complexity index is 1110. The second-order valence-corrected chi connectivity index (χ2v) is 8.87. The van der Waals surface area contributed by atoms with E-state index in [0.29, 0.717) is 11.3 Å². The number of carbonyl (C=O) groups is 1. The number of aryl methyl sites for hydroxylation is 1. The summed E-state index contributed by atoms with van der Waals surface area (Å²) < 4.78 is 10.8. The Labute approximate surface area is 193 Å². The number of amides is 1. The second kappa shape index (κ2) is 10.5. The SMILES string of the molecule is COc1ccc(C=Nc2sc3c(c2C(=O)Nc2ccccc2)CCCCCC3)c(OC)c1. The van der Waals surface area contributed by atoms with Crippen LogP contribution in [0.15, 0.2) is 53.5 Å². The van der Waals surface area contributed by atoms with Crippen LogP contribution < -0.4 is 14.8 Å². The second-order valence-electron chi connectivity index (χ2n) is 7.78. The molecule has 1 aliphatic carbocycles. The summed E-state index contributed by atoms with van der Waals surface area (Å²) in [7, 11) is 3.25. The predicted molar refractivity (Wildman–Crippen MR) is 131 cm³/mol. The average molecular weight is 449 g/mol. The lowest BCUT2D eigenvalue weighted by molar-refractivity contribution is 0.102. The van der Waals surface area contributed by atoms with E-state index in [4.69, 9.17) is 14.5 Å². The number of rotatable bonds is 6. The van der Waals surface area contributed by atoms with Crippen molar-refractivity contribution in [2.24, 2.45) is 4.99 Å². The van der Waals surface area contributed by atoms with Gasteiger partial charge in [0.05, 0.1) is 19.8 Å². The van der Waals surface area contributed by atoms with Gasteiger partial charge in [-0.3, -0.25) is 4.79 Å². The molecular weight excluding hydrogens is 420 g/mol. The van der Waals surface area contributed by atoms with Gasteiger partial charge in [0.15, 0.2) is 0 Å². The first-order valence-electron chi connectivity index (χ1n) is 11.0. The van der Waals surface area contributed by atoms with Crippen LogP contribution in [0.4, 0.5) is 10.7 Å². The van der Waals surface area contributed by atoms with Crippen molar-refractivity contribution >= 4 is 34.1 Å². The molecular formula is C26H28N2O3S. The Morgan fingerprint density at radius 2 is 1.78 bits per heavy atom. The molecule has 4 rings (SSSR count). The van der Waals surface area contributed by atoms with E-state index in [9.17, 15) is 4.79 Å². The van der Waals surface area contributed by atoms with Crippen molar-refractivity contribution in [2.75, 3.05) is 19.5 Å². The largest absolute Gasteiger partial charge is 0.497 e. The minimum absolute atomic E-state index is 0.0943. The number of ether oxygens (including phenoxy) is 2. The Morgan fingerprint density at radius 3 is 2.53 bits per heavy atom. The molecule has 0 fully saturated rings. The zero-order valence-corrected chi connectivity index (χ0v) is 19.3. The van der Waals surface area contributed by atoms with Crippen LogP contribution in [-0.2, 0) is 12.8 Å². The number of para-hydroxylation sites is 1. The third-order valence-electron chi connectivity index (χ3n) is 5.67. The summed E-state index contributed by atoms with van der Waals surface area (Å²) in [4.78, 5) is 19.4. The van der Waals surface area contributed by atoms with E-state index in [1.807, 2.05) is 48.5 Å². The number of aliphatic imine (C=N–C) groups is 1. The van der Waals surface area contributed by atoms with Crippen LogP contribution in [0.2, 0.25) is 0 Å². The van der Waals surface area contributed by atoms with Gasteiger partial charge in [0.25, 0.3) is 5.91 Å². The van der Waals surface area contributed by atoms with Gasteiger partial charge in [-0.2, -0.15) is 0 Å². The highest BCUT2D eigenvalue weighted by Gasteiger charge is 2.24. The normalized spacial score (nSPS) is 13.8. The number of anilines is 1. The van der Waals surface area contributed by atoms with Crippen LogP contribution in [-0.4, -0.2) is 26.3 Å². The summed E-state index contributed by atoms with van der Waals surface area (Å²) in [6.45, 7) is 0. The number of nitrogens with zero attached hydrogens (tertiary/aromatic N) is 1. The third kappa shape index (κ3) is 5.02. The van der Waals surface area contributed by atoms with Crippen LogP contribution in [0.5, 0.6) is 11.5 Å². The number of carbonyl (C=O) groups excluding carboxylic acids is 1. The molecule has 0 saturated carbocycles. The topological polar surface area (TPSA) is 59.9 Å². The number of hydrogen-bond acceptors (Lipinski definition) is 5. The van der Waals surface area contributed by atoms with Crippen molar-refractivity contribution in [2.45, 2.75) is 38.5 Å². The molecule has 0 unspecified atom stereocenters. The van der Waals surface area contributed by atoms with E-state index in [2.05, 4.69) is 5.32 Å². The highest BCUT2D eigenvalue weighted by molar-refractivity contribution is 7.16. The summed E-state index contributed by atoms with van der Waals surface area (Å²) >= 11 is 1.64. The van der Waals surface area contributed by atoms with Gasteiger partial charge < -0.3 is 14.8 Å². The fourth-order valence-corrected chi connectivity index (χ4v) is 5.23. The summed E-state index contributed by atoms with van der Waals surface area (Å²) in [5.41, 5.74) is 3.50. The molecule has 0 bridgehead atoms. The van der Waals surface area contributed by atoms with Gasteiger partial charge in [-0.15, -0.1) is 11.3 Å². The molecule has 0 aliphatic heterocycles. The minimum Gasteiger partial charge on any atom is -0.497 e. The van der Waals surface area contributed by atoms with E-state index in [1.54, 1.807) is 31.8 Å². The summed E-state index contributed by atoms with van der Waals surface area (Å²) in [5.74, 6) is 1.31. The van der Waals surface area contributed by atoms with Gasteiger partial charge in [-0.05, 0) is 55.5 Å². The lowest BCUT2D eigenvalue weighted by Crippen LogP contribution is -2.14. The highest BCUT2D eigenvalue weighted by atomic mass is 32.1. The molecule has 0 atom stereocenters. The van der Waals surface area contributed by atoms with E-state index < -0.39 is 0 Å². The molecule has 0 spiro atoms. The van der Waals surface area contributed by atoms with E-state index in [1.165, 1.54) is 17.7 Å². The lowest BCUT2D eigenvalue weighted by Gasteiger charge is -2.12. The molecule has 166 valence electrons. The van der Waals surface area contributed by atoms with Gasteiger partial charge >= 0.3 is 0 Å². The molecule has 6 heteroatoms. The summed E-state index contributed by atoms with van der Waals surface area (Å²) in [6.07, 6.45) is 8.41. The van der Waals surface area contributed by atoms with Crippen molar-refractivity contribution in [3.63, 3.8) is 0 Å². The maximum atomic E-state index is 13.4. The first-order valence-corrected chi connectivity index (χ1v) is 11.8. The predicted octanol–water partition coefficient (Wildman–Crippen LogP) is 6.43. The number of thiophene rings is 1. The smallest absolute Gasteiger partial charge is 0.259 e. The van der Waals surface area contributed by atoms with Gasteiger partial charge in [0, 0.05) is 28.4 Å². The Morgan fingerprint density at radius 1 is 1.00 bits per heavy atom. The van der Waals surface area contributed by atoms with Crippen LogP contribution in [0, 0.1) is 0 Å². The fourth-order valence-electron chi connectivity index (χ4n) is 4.00. The Balaban J connectivity index is 1.71. The van der Waals surface area contributed by atoms with Crippen molar-refractivity contribution in [3.05, 3.63) is 70.1 Å². The fraction of sp³-hybridized carbons (Fsp3) is 0.308. The number of fused-ring (bicyclic) bond motifs is 1. The monoisotopic (exact) mass is 448 g/mol.